The van der Waals surface area contributed by atoms with Crippen LogP contribution in [-0.4, -0.2) is 22.2 Å². The number of nitrogens with two attached hydrogens (primary N) is 1. The Morgan fingerprint density at radius 1 is 1.43 bits per heavy atom. The van der Waals surface area contributed by atoms with Gasteiger partial charge in [0, 0.05) is 38.3 Å². The molecule has 4 N–H and O–H groups in total. The van der Waals surface area contributed by atoms with Crippen molar-refractivity contribution >= 4 is 23.0 Å². The number of aromatic nitrogens is 2. The predicted molar refractivity (Wildman–Crippen MR) is 83.2 cm³/mol. The van der Waals surface area contributed by atoms with E-state index in [0.717, 1.165) is 42.0 Å². The van der Waals surface area contributed by atoms with E-state index in [1.54, 1.807) is 4.68 Å². The molecule has 1 aromatic heterocycles. The summed E-state index contributed by atoms with van der Waals surface area (Å²) in [6.07, 6.45) is 4.03. The molecule has 0 fully saturated rings. The van der Waals surface area contributed by atoms with Gasteiger partial charge in [-0.1, -0.05) is 0 Å². The number of hydrogen-bond donors (Lipinski definition) is 3. The molecule has 0 atom stereocenters. The van der Waals surface area contributed by atoms with Crippen molar-refractivity contribution in [2.24, 2.45) is 7.05 Å². The van der Waals surface area contributed by atoms with Gasteiger partial charge in [0.15, 0.2) is 0 Å². The molecule has 0 aliphatic carbocycles. The van der Waals surface area contributed by atoms with Crippen molar-refractivity contribution in [3.8, 4) is 0 Å². The summed E-state index contributed by atoms with van der Waals surface area (Å²) in [5.74, 6) is 0.0618. The van der Waals surface area contributed by atoms with Crippen LogP contribution in [0.5, 0.6) is 0 Å². The minimum atomic E-state index is 0.0618. The largest absolute Gasteiger partial charge is 0.397 e. The quantitative estimate of drug-likeness (QED) is 0.744. The Labute approximate surface area is 123 Å². The molecule has 6 nitrogen and oxygen atoms in total. The van der Waals surface area contributed by atoms with Crippen LogP contribution in [0.2, 0.25) is 0 Å². The summed E-state index contributed by atoms with van der Waals surface area (Å²) in [5, 5.41) is 10.5. The number of hydrogen-bond acceptors (Lipinski definition) is 4. The first-order valence-corrected chi connectivity index (χ1v) is 7.06. The molecule has 3 rings (SSSR count). The highest BCUT2D eigenvalue weighted by Crippen LogP contribution is 2.30. The van der Waals surface area contributed by atoms with Crippen molar-refractivity contribution in [2.45, 2.75) is 19.3 Å². The van der Waals surface area contributed by atoms with E-state index < -0.39 is 0 Å². The van der Waals surface area contributed by atoms with Crippen molar-refractivity contribution in [3.63, 3.8) is 0 Å². The fourth-order valence-corrected chi connectivity index (χ4v) is 2.52. The molecule has 1 amide bonds. The van der Waals surface area contributed by atoms with Crippen LogP contribution in [0.3, 0.4) is 0 Å². The summed E-state index contributed by atoms with van der Waals surface area (Å²) in [7, 11) is 1.90. The number of aryl methyl sites for hydroxylation is 2. The molecule has 0 radical (unpaired) electrons. The number of anilines is 3. The van der Waals surface area contributed by atoms with Gasteiger partial charge in [-0.05, 0) is 30.2 Å². The second-order valence-electron chi connectivity index (χ2n) is 5.30. The molecule has 0 bridgehead atoms. The molecule has 0 unspecified atom stereocenters. The topological polar surface area (TPSA) is 85.0 Å². The summed E-state index contributed by atoms with van der Waals surface area (Å²) in [6, 6.07) is 5.86. The van der Waals surface area contributed by atoms with Crippen LogP contribution in [-0.2, 0) is 24.7 Å². The molecule has 2 aromatic rings. The second-order valence-corrected chi connectivity index (χ2v) is 5.30. The van der Waals surface area contributed by atoms with E-state index >= 15 is 0 Å². The Hall–Kier alpha value is -2.50. The summed E-state index contributed by atoms with van der Waals surface area (Å²) < 4.78 is 1.79. The number of carbonyl (C=O) groups excluding carboxylic acids is 1. The van der Waals surface area contributed by atoms with Gasteiger partial charge in [-0.3, -0.25) is 9.48 Å². The molecule has 0 saturated carbocycles. The van der Waals surface area contributed by atoms with E-state index in [9.17, 15) is 4.79 Å². The molecule has 0 saturated heterocycles. The summed E-state index contributed by atoms with van der Waals surface area (Å²) in [5.41, 5.74) is 10.6. The molecule has 6 heteroatoms. The molecule has 1 aromatic carbocycles. The van der Waals surface area contributed by atoms with E-state index in [1.165, 1.54) is 0 Å². The van der Waals surface area contributed by atoms with Crippen molar-refractivity contribution in [3.05, 3.63) is 35.7 Å². The lowest BCUT2D eigenvalue weighted by Gasteiger charge is -2.19. The molecule has 110 valence electrons. The van der Waals surface area contributed by atoms with Gasteiger partial charge in [0.25, 0.3) is 0 Å². The fourth-order valence-electron chi connectivity index (χ4n) is 2.52. The number of benzene rings is 1. The maximum Gasteiger partial charge on any atom is 0.224 e. The summed E-state index contributed by atoms with van der Waals surface area (Å²) in [6.45, 7) is 0.744. The van der Waals surface area contributed by atoms with Crippen molar-refractivity contribution in [1.29, 1.82) is 0 Å². The Morgan fingerprint density at radius 3 is 3.05 bits per heavy atom. The lowest BCUT2D eigenvalue weighted by Crippen LogP contribution is -2.19. The Kier molecular flexibility index (Phi) is 3.51. The standard InChI is InChI=1S/C15H19N5O/c1-20-7-5-11(19-20)4-6-17-14-9-13-10(8-12(14)16)2-3-15(21)18-13/h5,7-9,17H,2-4,6,16H2,1H3,(H,18,21). The van der Waals surface area contributed by atoms with Crippen LogP contribution in [0.15, 0.2) is 24.4 Å². The Morgan fingerprint density at radius 2 is 2.29 bits per heavy atom. The predicted octanol–water partition coefficient (Wildman–Crippen LogP) is 1.54. The van der Waals surface area contributed by atoms with E-state index in [4.69, 9.17) is 5.73 Å². The van der Waals surface area contributed by atoms with E-state index in [1.807, 2.05) is 31.4 Å². The normalized spacial score (nSPS) is 13.7. The highest BCUT2D eigenvalue weighted by atomic mass is 16.1. The van der Waals surface area contributed by atoms with E-state index in [-0.39, 0.29) is 5.91 Å². The third kappa shape index (κ3) is 2.99. The van der Waals surface area contributed by atoms with Crippen LogP contribution in [0.25, 0.3) is 0 Å². The van der Waals surface area contributed by atoms with Gasteiger partial charge in [0.05, 0.1) is 17.1 Å². The summed E-state index contributed by atoms with van der Waals surface area (Å²) in [4.78, 5) is 11.5. The summed E-state index contributed by atoms with van der Waals surface area (Å²) >= 11 is 0. The van der Waals surface area contributed by atoms with Gasteiger partial charge >= 0.3 is 0 Å². The zero-order chi connectivity index (χ0) is 14.8. The van der Waals surface area contributed by atoms with Crippen LogP contribution in [0, 0.1) is 0 Å². The molecular weight excluding hydrogens is 266 g/mol. The molecule has 21 heavy (non-hydrogen) atoms. The number of nitrogens with zero attached hydrogens (tertiary/aromatic N) is 2. The van der Waals surface area contributed by atoms with Gasteiger partial charge in [0.2, 0.25) is 5.91 Å². The molecule has 2 heterocycles. The van der Waals surface area contributed by atoms with Gasteiger partial charge in [-0.15, -0.1) is 0 Å². The van der Waals surface area contributed by atoms with E-state index in [2.05, 4.69) is 15.7 Å². The third-order valence-electron chi connectivity index (χ3n) is 3.64. The van der Waals surface area contributed by atoms with Crippen molar-refractivity contribution in [1.82, 2.24) is 9.78 Å². The number of fused-ring (bicyclic) bond motifs is 1. The maximum atomic E-state index is 11.5. The molecule has 1 aliphatic rings. The van der Waals surface area contributed by atoms with Crippen LogP contribution >= 0.6 is 0 Å². The smallest absolute Gasteiger partial charge is 0.224 e. The van der Waals surface area contributed by atoms with Crippen molar-refractivity contribution < 1.29 is 4.79 Å². The number of carbonyl (C=O) groups is 1. The number of nitrogens with one attached hydrogen (secondary N) is 2. The minimum absolute atomic E-state index is 0.0618. The van der Waals surface area contributed by atoms with Gasteiger partial charge < -0.3 is 16.4 Å². The van der Waals surface area contributed by atoms with Crippen molar-refractivity contribution in [2.75, 3.05) is 22.9 Å². The Balaban J connectivity index is 1.67. The average Bonchev–Trinajstić information content (AvgIpc) is 2.85. The molecule has 0 spiro atoms. The fraction of sp³-hybridized carbons (Fsp3) is 0.333. The number of rotatable bonds is 4. The SMILES string of the molecule is Cn1ccc(CCNc2cc3c(cc2N)CCC(=O)N3)n1. The molecule has 1 aliphatic heterocycles. The third-order valence-corrected chi connectivity index (χ3v) is 3.64. The number of nitrogen functional groups attached to an aromatic ring is 1. The minimum Gasteiger partial charge on any atom is -0.397 e. The first kappa shape index (κ1) is 13.5. The van der Waals surface area contributed by atoms with E-state index in [0.29, 0.717) is 12.1 Å². The zero-order valence-corrected chi connectivity index (χ0v) is 12.0. The highest BCUT2D eigenvalue weighted by Gasteiger charge is 2.16. The highest BCUT2D eigenvalue weighted by molar-refractivity contribution is 5.95. The monoisotopic (exact) mass is 285 g/mol. The lowest BCUT2D eigenvalue weighted by molar-refractivity contribution is -0.116. The zero-order valence-electron chi connectivity index (χ0n) is 12.0. The first-order valence-electron chi connectivity index (χ1n) is 7.06. The second kappa shape index (κ2) is 5.47. The molecular formula is C15H19N5O. The van der Waals surface area contributed by atoms with Crippen LogP contribution < -0.4 is 16.4 Å². The first-order chi connectivity index (χ1) is 10.1. The maximum absolute atomic E-state index is 11.5. The van der Waals surface area contributed by atoms with Crippen LogP contribution in [0.4, 0.5) is 17.1 Å². The van der Waals surface area contributed by atoms with Crippen LogP contribution in [0.1, 0.15) is 17.7 Å². The average molecular weight is 285 g/mol. The van der Waals surface area contributed by atoms with Gasteiger partial charge in [-0.2, -0.15) is 5.10 Å². The lowest BCUT2D eigenvalue weighted by atomic mass is 10.0. The number of amides is 1. The van der Waals surface area contributed by atoms with Gasteiger partial charge in [0.1, 0.15) is 0 Å². The Bertz CT molecular complexity index is 677. The van der Waals surface area contributed by atoms with Gasteiger partial charge in [-0.25, -0.2) is 0 Å².